The normalized spacial score (nSPS) is 12.1. The van der Waals surface area contributed by atoms with Crippen molar-refractivity contribution < 1.29 is 70.2 Å². The summed E-state index contributed by atoms with van der Waals surface area (Å²) in [6, 6.07) is 0. The molecule has 8 aromatic rings. The van der Waals surface area contributed by atoms with Crippen LogP contribution in [0.3, 0.4) is 0 Å². The van der Waals surface area contributed by atoms with E-state index in [1.54, 1.807) is 0 Å². The fourth-order valence-electron chi connectivity index (χ4n) is 6.02. The average molecular weight is 802 g/mol. The summed E-state index contributed by atoms with van der Waals surface area (Å²) >= 11 is 0. The van der Waals surface area contributed by atoms with E-state index in [1.165, 1.54) is 13.8 Å². The van der Waals surface area contributed by atoms with Crippen molar-refractivity contribution >= 4 is 55.2 Å². The maximum atomic E-state index is 16.1. The van der Waals surface area contributed by atoms with Crippen LogP contribution in [0.4, 0.5) is 70.2 Å². The van der Waals surface area contributed by atoms with Crippen LogP contribution in [0.1, 0.15) is 11.4 Å². The number of rotatable bonds is 2. The Labute approximate surface area is 296 Å². The Morgan fingerprint density at radius 3 is 0.643 bits per heavy atom. The zero-order chi connectivity index (χ0) is 40.7. The van der Waals surface area contributed by atoms with Crippen LogP contribution < -0.4 is 0 Å². The highest BCUT2D eigenvalue weighted by molar-refractivity contribution is 6.20. The smallest absolute Gasteiger partial charge is 0.200 e. The SMILES string of the molecule is Cc1nc2c(nc1C)c1nc3c(F)c(-c4c(F)c(F)c(F)c(F)c4F)c(F)c(F)c3nc1c1nc3c(F)c(-c4c(F)c(F)c(F)c(F)c4F)c(F)c(F)c3nc21. The van der Waals surface area contributed by atoms with Crippen LogP contribution in [0.15, 0.2) is 0 Å². The summed E-state index contributed by atoms with van der Waals surface area (Å²) in [6.45, 7) is 2.70. The largest absolute Gasteiger partial charge is 0.247 e. The number of hydrogen-bond donors (Lipinski definition) is 0. The fourth-order valence-corrected chi connectivity index (χ4v) is 6.02. The van der Waals surface area contributed by atoms with Crippen LogP contribution in [-0.2, 0) is 0 Å². The number of nitrogens with zero attached hydrogens (tertiary/aromatic N) is 6. The Kier molecular flexibility index (Phi) is 7.83. The quantitative estimate of drug-likeness (QED) is 0.0570. The van der Waals surface area contributed by atoms with Crippen LogP contribution >= 0.6 is 0 Å². The van der Waals surface area contributed by atoms with Gasteiger partial charge in [0.15, 0.2) is 81.4 Å². The lowest BCUT2D eigenvalue weighted by molar-refractivity contribution is 0.380. The summed E-state index contributed by atoms with van der Waals surface area (Å²) in [4.78, 5) is 23.5. The van der Waals surface area contributed by atoms with Gasteiger partial charge in [-0.3, -0.25) is 0 Å². The molecule has 0 unspecified atom stereocenters. The standard InChI is InChI=1S/C34H6F16N6/c1-3-4(2)52-30-29(51-3)31-34(56-28-24(50)14(40)7(15(41)25(28)53-31)5-9(35)17(43)21(47)18(44)10(5)36)33-32(30)55-27-23(49)13(39)8(16(42)26(27)54-33)6-11(37)19(45)22(48)20(46)12(6)38/h1-2H3. The van der Waals surface area contributed by atoms with E-state index in [0.29, 0.717) is 0 Å². The Bertz CT molecular complexity index is 3130. The van der Waals surface area contributed by atoms with E-state index in [4.69, 9.17) is 0 Å². The molecule has 0 radical (unpaired) electrons. The van der Waals surface area contributed by atoms with Crippen molar-refractivity contribution in [1.29, 1.82) is 0 Å². The third-order valence-corrected chi connectivity index (χ3v) is 8.79. The number of hydrogen-bond acceptors (Lipinski definition) is 6. The molecule has 0 aliphatic carbocycles. The minimum Gasteiger partial charge on any atom is -0.247 e. The number of fused-ring (bicyclic) bond motifs is 8. The molecule has 56 heavy (non-hydrogen) atoms. The zero-order valence-electron chi connectivity index (χ0n) is 26.7. The van der Waals surface area contributed by atoms with Gasteiger partial charge in [0, 0.05) is 0 Å². The van der Waals surface area contributed by atoms with Gasteiger partial charge in [-0.2, -0.15) is 0 Å². The molecule has 3 heterocycles. The monoisotopic (exact) mass is 802 g/mol. The fraction of sp³-hybridized carbons (Fsp3) is 0.0588. The minimum atomic E-state index is -2.75. The molecule has 6 nitrogen and oxygen atoms in total. The summed E-state index contributed by atoms with van der Waals surface area (Å²) in [5.74, 6) is -41.3. The summed E-state index contributed by atoms with van der Waals surface area (Å²) < 4.78 is 237. The van der Waals surface area contributed by atoms with Crippen LogP contribution in [-0.4, -0.2) is 29.9 Å². The Morgan fingerprint density at radius 1 is 0.196 bits per heavy atom. The third-order valence-electron chi connectivity index (χ3n) is 8.79. The lowest BCUT2D eigenvalue weighted by Crippen LogP contribution is -2.10. The maximum Gasteiger partial charge on any atom is 0.200 e. The predicted molar refractivity (Wildman–Crippen MR) is 160 cm³/mol. The van der Waals surface area contributed by atoms with E-state index in [1.807, 2.05) is 0 Å². The third kappa shape index (κ3) is 4.60. The Hall–Kier alpha value is -6.48. The maximum absolute atomic E-state index is 16.1. The first-order chi connectivity index (χ1) is 26.3. The minimum absolute atomic E-state index is 0.0670. The van der Waals surface area contributed by atoms with Crippen molar-refractivity contribution in [2.24, 2.45) is 0 Å². The van der Waals surface area contributed by atoms with Gasteiger partial charge in [0.25, 0.3) is 0 Å². The lowest BCUT2D eigenvalue weighted by Gasteiger charge is -2.15. The molecule has 8 rings (SSSR count). The molecule has 0 saturated carbocycles. The highest BCUT2D eigenvalue weighted by Crippen LogP contribution is 2.42. The molecule has 0 aliphatic heterocycles. The number of halogens is 16. The first kappa shape index (κ1) is 36.5. The Morgan fingerprint density at radius 2 is 0.375 bits per heavy atom. The van der Waals surface area contributed by atoms with E-state index in [2.05, 4.69) is 29.9 Å². The molecule has 0 N–H and O–H groups in total. The molecule has 0 saturated heterocycles. The van der Waals surface area contributed by atoms with Crippen molar-refractivity contribution in [1.82, 2.24) is 29.9 Å². The first-order valence-electron chi connectivity index (χ1n) is 15.0. The molecular weight excluding hydrogens is 796 g/mol. The molecule has 0 fully saturated rings. The summed E-state index contributed by atoms with van der Waals surface area (Å²) in [7, 11) is 0. The van der Waals surface area contributed by atoms with E-state index in [-0.39, 0.29) is 11.4 Å². The van der Waals surface area contributed by atoms with E-state index >= 15 is 26.3 Å². The van der Waals surface area contributed by atoms with Gasteiger partial charge >= 0.3 is 0 Å². The van der Waals surface area contributed by atoms with Gasteiger partial charge in [0.2, 0.25) is 11.6 Å². The van der Waals surface area contributed by atoms with E-state index in [0.717, 1.165) is 0 Å². The molecule has 5 aromatic carbocycles. The second-order valence-corrected chi connectivity index (χ2v) is 11.9. The van der Waals surface area contributed by atoms with Crippen molar-refractivity contribution in [3.63, 3.8) is 0 Å². The molecule has 0 bridgehead atoms. The highest BCUT2D eigenvalue weighted by Gasteiger charge is 2.36. The van der Waals surface area contributed by atoms with Crippen LogP contribution in [0.5, 0.6) is 0 Å². The van der Waals surface area contributed by atoms with Gasteiger partial charge in [-0.05, 0) is 13.8 Å². The summed E-state index contributed by atoms with van der Waals surface area (Å²) in [5, 5.41) is 0. The van der Waals surface area contributed by atoms with E-state index in [9.17, 15) is 43.9 Å². The topological polar surface area (TPSA) is 77.3 Å². The van der Waals surface area contributed by atoms with Crippen LogP contribution in [0, 0.1) is 107 Å². The summed E-state index contributed by atoms with van der Waals surface area (Å²) in [6.07, 6.45) is 0. The van der Waals surface area contributed by atoms with E-state index < -0.39 is 170 Å². The Balaban J connectivity index is 1.56. The predicted octanol–water partition coefficient (Wildman–Crippen LogP) is 10.00. The number of aryl methyl sites for hydroxylation is 2. The molecule has 284 valence electrons. The molecule has 22 heteroatoms. The van der Waals surface area contributed by atoms with Crippen LogP contribution in [0.2, 0.25) is 0 Å². The second kappa shape index (κ2) is 12.0. The first-order valence-corrected chi connectivity index (χ1v) is 15.0. The molecular formula is C34H6F16N6. The van der Waals surface area contributed by atoms with Crippen molar-refractivity contribution in [3.05, 3.63) is 104 Å². The van der Waals surface area contributed by atoms with Gasteiger partial charge in [-0.15, -0.1) is 0 Å². The average Bonchev–Trinajstić information content (AvgIpc) is 3.18. The van der Waals surface area contributed by atoms with Gasteiger partial charge in [-0.25, -0.2) is 100 Å². The summed E-state index contributed by atoms with van der Waals surface area (Å²) in [5.41, 5.74) is -18.7. The van der Waals surface area contributed by atoms with Gasteiger partial charge in [-0.1, -0.05) is 0 Å². The lowest BCUT2D eigenvalue weighted by atomic mass is 10.00. The van der Waals surface area contributed by atoms with Gasteiger partial charge in [0.05, 0.1) is 33.6 Å². The van der Waals surface area contributed by atoms with Crippen molar-refractivity contribution in [3.8, 4) is 22.3 Å². The number of aromatic nitrogens is 6. The van der Waals surface area contributed by atoms with Gasteiger partial charge in [0.1, 0.15) is 55.2 Å². The van der Waals surface area contributed by atoms with Crippen molar-refractivity contribution in [2.45, 2.75) is 13.8 Å². The van der Waals surface area contributed by atoms with Crippen molar-refractivity contribution in [2.75, 3.05) is 0 Å². The molecule has 0 spiro atoms. The zero-order valence-corrected chi connectivity index (χ0v) is 26.7. The molecule has 0 aliphatic rings. The second-order valence-electron chi connectivity index (χ2n) is 11.9. The molecule has 0 amide bonds. The van der Waals surface area contributed by atoms with Crippen LogP contribution in [0.25, 0.3) is 77.4 Å². The number of benzene rings is 5. The highest BCUT2D eigenvalue weighted by atomic mass is 19.2. The van der Waals surface area contributed by atoms with Gasteiger partial charge < -0.3 is 0 Å². The molecule has 0 atom stereocenters. The molecule has 3 aromatic heterocycles.